The van der Waals surface area contributed by atoms with Gasteiger partial charge in [-0.15, -0.1) is 0 Å². The zero-order chi connectivity index (χ0) is 29.4. The van der Waals surface area contributed by atoms with Crippen LogP contribution in [0.3, 0.4) is 0 Å². The Morgan fingerprint density at radius 3 is 2.05 bits per heavy atom. The number of hydrogen-bond donors (Lipinski definition) is 2. The molecule has 1 saturated heterocycles. The molecular weight excluding hydrogens is 506 g/mol. The molecule has 0 aromatic heterocycles. The molecule has 2 N–H and O–H groups in total. The van der Waals surface area contributed by atoms with Crippen LogP contribution in [0.25, 0.3) is 5.76 Å². The van der Waals surface area contributed by atoms with Crippen LogP contribution in [0.4, 0.5) is 0 Å². The lowest BCUT2D eigenvalue weighted by atomic mass is 9.85. The molecule has 4 rings (SSSR count). The number of aliphatic hydroxyl groups excluding tert-OH is 1. The first-order valence-corrected chi connectivity index (χ1v) is 13.2. The Morgan fingerprint density at radius 2 is 1.52 bits per heavy atom. The summed E-state index contributed by atoms with van der Waals surface area (Å²) in [5.74, 6) is -2.04. The van der Waals surface area contributed by atoms with E-state index in [1.807, 2.05) is 38.1 Å². The van der Waals surface area contributed by atoms with Gasteiger partial charge >= 0.3 is 5.97 Å². The third-order valence-corrected chi connectivity index (χ3v) is 7.31. The predicted octanol–water partition coefficient (Wildman–Crippen LogP) is 6.44. The number of aromatic carboxylic acids is 1. The highest BCUT2D eigenvalue weighted by atomic mass is 16.5. The topological polar surface area (TPSA) is 104 Å². The molecule has 208 valence electrons. The van der Waals surface area contributed by atoms with Crippen molar-refractivity contribution in [2.24, 2.45) is 0 Å². The molecule has 1 unspecified atom stereocenters. The van der Waals surface area contributed by atoms with Gasteiger partial charge in [-0.3, -0.25) is 9.59 Å². The summed E-state index contributed by atoms with van der Waals surface area (Å²) >= 11 is 0. The first kappa shape index (κ1) is 28.6. The first-order chi connectivity index (χ1) is 18.8. The van der Waals surface area contributed by atoms with Gasteiger partial charge in [0.2, 0.25) is 0 Å². The standard InChI is InChI=1S/C33H35NO6/c1-19(2)25-17-23(13-16-26(25)40-6)29(35)27-28(21-11-14-24(15-12-21)33(3,4)5)34(31(37)30(27)36)18-20-7-9-22(10-8-20)32(38)39/h7-17,19,28,35H,18H2,1-6H3,(H,38,39)/b29-27-. The Morgan fingerprint density at radius 1 is 0.925 bits per heavy atom. The Labute approximate surface area is 234 Å². The van der Waals surface area contributed by atoms with Crippen LogP contribution in [0.15, 0.2) is 72.3 Å². The molecule has 1 aliphatic heterocycles. The van der Waals surface area contributed by atoms with Crippen molar-refractivity contribution in [3.05, 3.63) is 106 Å². The lowest BCUT2D eigenvalue weighted by Gasteiger charge is -2.27. The van der Waals surface area contributed by atoms with Crippen LogP contribution >= 0.6 is 0 Å². The quantitative estimate of drug-likeness (QED) is 0.203. The van der Waals surface area contributed by atoms with E-state index in [4.69, 9.17) is 4.74 Å². The van der Waals surface area contributed by atoms with Gasteiger partial charge in [-0.2, -0.15) is 0 Å². The molecule has 0 saturated carbocycles. The first-order valence-electron chi connectivity index (χ1n) is 13.2. The number of amides is 1. The highest BCUT2D eigenvalue weighted by Crippen LogP contribution is 2.41. The largest absolute Gasteiger partial charge is 0.507 e. The number of hydrogen-bond acceptors (Lipinski definition) is 5. The molecule has 7 heteroatoms. The summed E-state index contributed by atoms with van der Waals surface area (Å²) in [5.41, 5.74) is 3.77. The van der Waals surface area contributed by atoms with Crippen molar-refractivity contribution in [1.82, 2.24) is 4.90 Å². The Bertz CT molecular complexity index is 1480. The fraction of sp³-hybridized carbons (Fsp3) is 0.303. The molecule has 1 heterocycles. The predicted molar refractivity (Wildman–Crippen MR) is 153 cm³/mol. The van der Waals surface area contributed by atoms with Crippen molar-refractivity contribution >= 4 is 23.4 Å². The smallest absolute Gasteiger partial charge is 0.335 e. The number of Topliss-reactive ketones (excluding diaryl/α,β-unsaturated/α-hetero) is 1. The van der Waals surface area contributed by atoms with Gasteiger partial charge in [-0.25, -0.2) is 4.79 Å². The van der Waals surface area contributed by atoms with E-state index in [0.29, 0.717) is 22.4 Å². The Kier molecular flexibility index (Phi) is 7.87. The molecule has 3 aromatic rings. The lowest BCUT2D eigenvalue weighted by Crippen LogP contribution is -2.29. The van der Waals surface area contributed by atoms with Crippen LogP contribution in [-0.4, -0.2) is 39.9 Å². The molecule has 1 fully saturated rings. The molecule has 7 nitrogen and oxygen atoms in total. The number of carbonyl (C=O) groups is 3. The molecule has 0 spiro atoms. The van der Waals surface area contributed by atoms with Gasteiger partial charge in [0, 0.05) is 12.1 Å². The van der Waals surface area contributed by atoms with Crippen LogP contribution in [0, 0.1) is 0 Å². The van der Waals surface area contributed by atoms with Crippen molar-refractivity contribution in [3.63, 3.8) is 0 Å². The SMILES string of the molecule is COc1ccc(/C(O)=C2/C(=O)C(=O)N(Cc3ccc(C(=O)O)cc3)C2c2ccc(C(C)(C)C)cc2)cc1C(C)C. The maximum atomic E-state index is 13.5. The number of nitrogens with zero attached hydrogens (tertiary/aromatic N) is 1. The highest BCUT2D eigenvalue weighted by Gasteiger charge is 2.46. The number of ether oxygens (including phenoxy) is 1. The number of aliphatic hydroxyl groups is 1. The number of carboxylic acid groups (broad SMARTS) is 1. The van der Waals surface area contributed by atoms with Crippen molar-refractivity contribution in [1.29, 1.82) is 0 Å². The summed E-state index contributed by atoms with van der Waals surface area (Å²) in [6.45, 7) is 10.4. The van der Waals surface area contributed by atoms with E-state index in [1.165, 1.54) is 17.0 Å². The maximum absolute atomic E-state index is 13.5. The summed E-state index contributed by atoms with van der Waals surface area (Å²) in [6, 6.07) is 18.3. The van der Waals surface area contributed by atoms with Crippen molar-refractivity contribution < 1.29 is 29.3 Å². The zero-order valence-electron chi connectivity index (χ0n) is 23.7. The van der Waals surface area contributed by atoms with E-state index in [2.05, 4.69) is 20.8 Å². The summed E-state index contributed by atoms with van der Waals surface area (Å²) in [4.78, 5) is 39.7. The van der Waals surface area contributed by atoms with E-state index in [1.54, 1.807) is 37.4 Å². The monoisotopic (exact) mass is 541 g/mol. The van der Waals surface area contributed by atoms with Crippen LogP contribution < -0.4 is 4.74 Å². The second kappa shape index (κ2) is 11.0. The molecular formula is C33H35NO6. The summed E-state index contributed by atoms with van der Waals surface area (Å²) in [7, 11) is 1.58. The Hall–Kier alpha value is -4.39. The van der Waals surface area contributed by atoms with E-state index in [0.717, 1.165) is 11.1 Å². The van der Waals surface area contributed by atoms with Gasteiger partial charge in [-0.1, -0.05) is 71.0 Å². The average Bonchev–Trinajstić information content (AvgIpc) is 3.17. The van der Waals surface area contributed by atoms with Gasteiger partial charge in [-0.05, 0) is 63.9 Å². The number of ketones is 1. The van der Waals surface area contributed by atoms with Crippen LogP contribution in [-0.2, 0) is 21.5 Å². The van der Waals surface area contributed by atoms with Crippen molar-refractivity contribution in [3.8, 4) is 5.75 Å². The summed E-state index contributed by atoms with van der Waals surface area (Å²) in [5, 5.41) is 20.8. The van der Waals surface area contributed by atoms with Gasteiger partial charge in [0.05, 0.1) is 24.3 Å². The highest BCUT2D eigenvalue weighted by molar-refractivity contribution is 6.46. The Balaban J connectivity index is 1.86. The van der Waals surface area contributed by atoms with Crippen LogP contribution in [0.2, 0.25) is 0 Å². The average molecular weight is 542 g/mol. The maximum Gasteiger partial charge on any atom is 0.335 e. The molecule has 1 atom stereocenters. The minimum atomic E-state index is -1.05. The summed E-state index contributed by atoms with van der Waals surface area (Å²) < 4.78 is 5.48. The van der Waals surface area contributed by atoms with Crippen molar-refractivity contribution in [2.75, 3.05) is 7.11 Å². The van der Waals surface area contributed by atoms with E-state index < -0.39 is 23.7 Å². The molecule has 0 radical (unpaired) electrons. The second-order valence-electron chi connectivity index (χ2n) is 11.4. The fourth-order valence-electron chi connectivity index (χ4n) is 4.99. The number of methoxy groups -OCH3 is 1. The van der Waals surface area contributed by atoms with Gasteiger partial charge < -0.3 is 19.8 Å². The normalized spacial score (nSPS) is 17.0. The summed E-state index contributed by atoms with van der Waals surface area (Å²) in [6.07, 6.45) is 0. The molecule has 40 heavy (non-hydrogen) atoms. The number of carboxylic acids is 1. The van der Waals surface area contributed by atoms with Gasteiger partial charge in [0.25, 0.3) is 11.7 Å². The lowest BCUT2D eigenvalue weighted by molar-refractivity contribution is -0.140. The van der Waals surface area contributed by atoms with Crippen LogP contribution in [0.5, 0.6) is 5.75 Å². The van der Waals surface area contributed by atoms with E-state index >= 15 is 0 Å². The zero-order valence-corrected chi connectivity index (χ0v) is 23.7. The molecule has 1 aliphatic rings. The van der Waals surface area contributed by atoms with E-state index in [9.17, 15) is 24.6 Å². The molecule has 0 bridgehead atoms. The molecule has 3 aromatic carbocycles. The number of rotatable bonds is 7. The molecule has 0 aliphatic carbocycles. The minimum Gasteiger partial charge on any atom is -0.507 e. The molecule has 1 amide bonds. The second-order valence-corrected chi connectivity index (χ2v) is 11.4. The van der Waals surface area contributed by atoms with Gasteiger partial charge in [0.1, 0.15) is 11.5 Å². The van der Waals surface area contributed by atoms with E-state index in [-0.39, 0.29) is 34.8 Å². The third kappa shape index (κ3) is 5.50. The minimum absolute atomic E-state index is 0.00976. The van der Waals surface area contributed by atoms with Crippen molar-refractivity contribution in [2.45, 2.75) is 58.5 Å². The third-order valence-electron chi connectivity index (χ3n) is 7.31. The van der Waals surface area contributed by atoms with Gasteiger partial charge in [0.15, 0.2) is 0 Å². The fourth-order valence-corrected chi connectivity index (χ4v) is 4.99. The number of likely N-dealkylation sites (tertiary alicyclic amines) is 1. The van der Waals surface area contributed by atoms with Crippen LogP contribution in [0.1, 0.15) is 84.8 Å². The number of carbonyl (C=O) groups excluding carboxylic acids is 2. The number of benzene rings is 3.